The van der Waals surface area contributed by atoms with Crippen LogP contribution in [0, 0.1) is 0 Å². The Labute approximate surface area is 49.3 Å². The van der Waals surface area contributed by atoms with Gasteiger partial charge in [0.15, 0.2) is 0 Å². The van der Waals surface area contributed by atoms with Gasteiger partial charge >= 0.3 is 29.7 Å². The number of halogens is 1. The average Bonchev–Trinajstić information content (AvgIpc) is 1.46. The van der Waals surface area contributed by atoms with Gasteiger partial charge in [0.25, 0.3) is 0 Å². The van der Waals surface area contributed by atoms with Crippen LogP contribution in [0.25, 0.3) is 0 Å². The summed E-state index contributed by atoms with van der Waals surface area (Å²) in [4.78, 5) is 0. The molecular weight excluding hydrogens is 97.8 g/mol. The first-order valence-electron chi connectivity index (χ1n) is 1.27. The van der Waals surface area contributed by atoms with Crippen molar-refractivity contribution in [3.05, 3.63) is 0 Å². The maximum absolute atomic E-state index is 4.67. The maximum atomic E-state index is 4.67. The summed E-state index contributed by atoms with van der Waals surface area (Å²) in [5, 5.41) is 2.75. The third-order valence-corrected chi connectivity index (χ3v) is 0. The Hall–Kier alpha value is 1.02. The number of hydrogen-bond donors (Lipinski definition) is 1. The van der Waals surface area contributed by atoms with E-state index in [9.17, 15) is 0 Å². The first kappa shape index (κ1) is 9.39. The summed E-state index contributed by atoms with van der Waals surface area (Å²) in [6, 6.07) is 0. The van der Waals surface area contributed by atoms with Gasteiger partial charge in [0.2, 0.25) is 0 Å². The van der Waals surface area contributed by atoms with Gasteiger partial charge in [-0.15, -0.1) is 0 Å². The fourth-order valence-electron chi connectivity index (χ4n) is 0. The molecule has 0 fully saturated rings. The minimum atomic E-state index is 1.33. The highest BCUT2D eigenvalue weighted by Crippen LogP contribution is 1.29. The second-order valence-electron chi connectivity index (χ2n) is 0.500. The molecule has 3 heteroatoms. The lowest BCUT2D eigenvalue weighted by atomic mass is 11.3. The van der Waals surface area contributed by atoms with Crippen LogP contribution in [0.15, 0.2) is 0 Å². The molecule has 27 valence electrons. The van der Waals surface area contributed by atoms with E-state index in [4.69, 9.17) is 0 Å². The Kier molecular flexibility index (Phi) is 37.4. The van der Waals surface area contributed by atoms with Crippen LogP contribution >= 0.6 is 9.07 Å². The Morgan fingerprint density at radius 2 is 1.40 bits per heavy atom. The van der Waals surface area contributed by atoms with Crippen LogP contribution in [0.1, 0.15) is 0 Å². The van der Waals surface area contributed by atoms with E-state index in [2.05, 4.69) is 14.4 Å². The normalized spacial score (nSPS) is 4.80. The smallest absolute Gasteiger partial charge is 0.323 e. The molecule has 0 saturated heterocycles. The predicted octanol–water partition coefficient (Wildman–Crippen LogP) is 0.144. The van der Waals surface area contributed by atoms with E-state index in [1.54, 1.807) is 0 Å². The Bertz CT molecular complexity index is 9.61. The summed E-state index contributed by atoms with van der Waals surface area (Å²) in [7, 11) is 8.42. The topological polar surface area (TPSA) is 12.0 Å². The van der Waals surface area contributed by atoms with Crippen LogP contribution in [-0.4, -0.2) is 34.7 Å². The molecule has 1 nitrogen and oxygen atoms in total. The lowest BCUT2D eigenvalue weighted by molar-refractivity contribution is 1.02. The molecule has 0 aliphatic heterocycles. The Morgan fingerprint density at radius 1 is 1.40 bits per heavy atom. The van der Waals surface area contributed by atoms with Crippen molar-refractivity contribution in [2.75, 3.05) is 14.1 Å². The van der Waals surface area contributed by atoms with Crippen molar-refractivity contribution in [1.82, 2.24) is 5.32 Å². The molecule has 0 rings (SSSR count). The molecule has 0 heterocycles. The summed E-state index contributed by atoms with van der Waals surface area (Å²) >= 11 is 1.33. The highest BCUT2D eigenvalue weighted by atomic mass is 35.5. The highest BCUT2D eigenvalue weighted by molar-refractivity contribution is 6.80. The van der Waals surface area contributed by atoms with E-state index < -0.39 is 0 Å². The molecule has 0 aliphatic rings. The fourth-order valence-corrected chi connectivity index (χ4v) is 0. The summed E-state index contributed by atoms with van der Waals surface area (Å²) in [5.74, 6) is 0. The molecule has 0 spiro atoms. The SMILES string of the molecule is CNC.[Mg+2][Cl]. The Morgan fingerprint density at radius 3 is 1.40 bits per heavy atom. The molecular formula is C2H7ClMgN+2. The lowest BCUT2D eigenvalue weighted by Gasteiger charge is -1.59. The van der Waals surface area contributed by atoms with Gasteiger partial charge in [0, 0.05) is 0 Å². The molecule has 0 aromatic heterocycles. The van der Waals surface area contributed by atoms with Crippen molar-refractivity contribution in [3.8, 4) is 0 Å². The van der Waals surface area contributed by atoms with E-state index in [1.165, 1.54) is 20.6 Å². The summed E-state index contributed by atoms with van der Waals surface area (Å²) < 4.78 is 0. The minimum Gasteiger partial charge on any atom is -0.323 e. The molecule has 0 aliphatic carbocycles. The molecule has 0 bridgehead atoms. The third kappa shape index (κ3) is 44.2. The summed E-state index contributed by atoms with van der Waals surface area (Å²) in [5.41, 5.74) is 0. The van der Waals surface area contributed by atoms with E-state index in [0.717, 1.165) is 0 Å². The molecule has 0 amide bonds. The van der Waals surface area contributed by atoms with Crippen LogP contribution in [0.4, 0.5) is 0 Å². The minimum absolute atomic E-state index is 1.33. The zero-order chi connectivity index (χ0) is 4.71. The quantitative estimate of drug-likeness (QED) is 0.432. The third-order valence-electron chi connectivity index (χ3n) is 0. The Balaban J connectivity index is 0. The van der Waals surface area contributed by atoms with Crippen molar-refractivity contribution in [1.29, 1.82) is 0 Å². The van der Waals surface area contributed by atoms with Gasteiger partial charge < -0.3 is 5.32 Å². The van der Waals surface area contributed by atoms with Crippen molar-refractivity contribution >= 4 is 29.7 Å². The second kappa shape index (κ2) is 19.9. The van der Waals surface area contributed by atoms with Gasteiger partial charge in [-0.3, -0.25) is 0 Å². The summed E-state index contributed by atoms with van der Waals surface area (Å²) in [6.45, 7) is 0. The second-order valence-corrected chi connectivity index (χ2v) is 0.500. The van der Waals surface area contributed by atoms with E-state index >= 15 is 0 Å². The van der Waals surface area contributed by atoms with Gasteiger partial charge in [-0.05, 0) is 14.1 Å². The van der Waals surface area contributed by atoms with E-state index in [-0.39, 0.29) is 0 Å². The monoisotopic (exact) mass is 104 g/mol. The van der Waals surface area contributed by atoms with Gasteiger partial charge in [0.1, 0.15) is 0 Å². The molecule has 1 N–H and O–H groups in total. The van der Waals surface area contributed by atoms with Gasteiger partial charge in [0.05, 0.1) is 0 Å². The van der Waals surface area contributed by atoms with Crippen LogP contribution in [0.3, 0.4) is 0 Å². The molecule has 0 atom stereocenters. The van der Waals surface area contributed by atoms with Gasteiger partial charge in [-0.1, -0.05) is 0 Å². The number of nitrogens with one attached hydrogen (secondary N) is 1. The highest BCUT2D eigenvalue weighted by Gasteiger charge is 2.16. The van der Waals surface area contributed by atoms with Gasteiger partial charge in [-0.2, -0.15) is 0 Å². The number of hydrogen-bond acceptors (Lipinski definition) is 1. The van der Waals surface area contributed by atoms with Crippen molar-refractivity contribution in [2.24, 2.45) is 0 Å². The zero-order valence-electron chi connectivity index (χ0n) is 3.59. The average molecular weight is 105 g/mol. The molecule has 0 aromatic carbocycles. The lowest BCUT2D eigenvalue weighted by Crippen LogP contribution is -1.89. The molecule has 0 aromatic rings. The van der Waals surface area contributed by atoms with Gasteiger partial charge in [-0.25, -0.2) is 0 Å². The predicted molar refractivity (Wildman–Crippen MR) is 26.6 cm³/mol. The maximum Gasteiger partial charge on any atom is 1.59 e. The largest absolute Gasteiger partial charge is 1.59 e. The van der Waals surface area contributed by atoms with Crippen LogP contribution in [-0.2, 0) is 0 Å². The molecule has 0 unspecified atom stereocenters. The number of rotatable bonds is 0. The van der Waals surface area contributed by atoms with E-state index in [1.807, 2.05) is 14.1 Å². The van der Waals surface area contributed by atoms with E-state index in [0.29, 0.717) is 0 Å². The molecule has 7 radical (unpaired) electrons. The zero-order valence-corrected chi connectivity index (χ0v) is 5.76. The van der Waals surface area contributed by atoms with Crippen molar-refractivity contribution in [3.63, 3.8) is 0 Å². The molecule has 0 saturated carbocycles. The molecule has 5 heavy (non-hydrogen) atoms. The van der Waals surface area contributed by atoms with Crippen LogP contribution < -0.4 is 5.32 Å². The fraction of sp³-hybridized carbons (Fsp3) is 1.00. The first-order chi connectivity index (χ1) is 2.41. The van der Waals surface area contributed by atoms with Crippen LogP contribution in [0.5, 0.6) is 0 Å². The summed E-state index contributed by atoms with van der Waals surface area (Å²) in [6.07, 6.45) is 0. The standard InChI is InChI=1S/C2H7N.ClH.Mg/c1-3-2;;/h3H,1-2H3;1H;/q;;+3/p-1. The van der Waals surface area contributed by atoms with Crippen molar-refractivity contribution < 1.29 is 0 Å². The van der Waals surface area contributed by atoms with Crippen molar-refractivity contribution in [2.45, 2.75) is 0 Å². The van der Waals surface area contributed by atoms with Crippen LogP contribution in [0.2, 0.25) is 0 Å². The first-order valence-corrected chi connectivity index (χ1v) is 3.41.